The highest BCUT2D eigenvalue weighted by Crippen LogP contribution is 2.23. The molecule has 5 nitrogen and oxygen atoms in total. The monoisotopic (exact) mass is 250 g/mol. The van der Waals surface area contributed by atoms with E-state index in [2.05, 4.69) is 22.4 Å². The molecule has 0 aliphatic rings. The van der Waals surface area contributed by atoms with Gasteiger partial charge in [0, 0.05) is 19.8 Å². The van der Waals surface area contributed by atoms with Crippen LogP contribution >= 0.6 is 11.3 Å². The Kier molecular flexibility index (Phi) is 3.53. The molecular weight excluding hydrogens is 236 g/mol. The molecule has 0 aromatic carbocycles. The molecule has 0 aliphatic carbocycles. The lowest BCUT2D eigenvalue weighted by Crippen LogP contribution is -2.17. The van der Waals surface area contributed by atoms with Crippen molar-refractivity contribution in [3.63, 3.8) is 0 Å². The molecule has 0 saturated heterocycles. The summed E-state index contributed by atoms with van der Waals surface area (Å²) >= 11 is 1.40. The molecule has 0 spiro atoms. The van der Waals surface area contributed by atoms with Gasteiger partial charge in [-0.1, -0.05) is 18.3 Å². The van der Waals surface area contributed by atoms with Crippen LogP contribution in [0.5, 0.6) is 0 Å². The number of anilines is 1. The quantitative estimate of drug-likeness (QED) is 0.897. The summed E-state index contributed by atoms with van der Waals surface area (Å²) in [5, 5.41) is 12.6. The topological polar surface area (TPSA) is 59.8 Å². The molecule has 2 heterocycles. The van der Waals surface area contributed by atoms with Gasteiger partial charge in [-0.3, -0.25) is 4.79 Å². The van der Waals surface area contributed by atoms with E-state index in [-0.39, 0.29) is 5.56 Å². The minimum absolute atomic E-state index is 0.0503. The zero-order valence-electron chi connectivity index (χ0n) is 9.80. The molecule has 6 heteroatoms. The Morgan fingerprint density at radius 1 is 1.47 bits per heavy atom. The predicted octanol–water partition coefficient (Wildman–Crippen LogP) is 1.73. The Morgan fingerprint density at radius 2 is 2.29 bits per heavy atom. The number of hydrogen-bond donors (Lipinski definition) is 1. The van der Waals surface area contributed by atoms with Crippen LogP contribution in [0, 0.1) is 0 Å². The molecular formula is C11H14N4OS. The van der Waals surface area contributed by atoms with Crippen LogP contribution in [0.4, 0.5) is 5.13 Å². The van der Waals surface area contributed by atoms with Gasteiger partial charge in [0.15, 0.2) is 5.01 Å². The van der Waals surface area contributed by atoms with E-state index in [0.717, 1.165) is 18.1 Å². The number of nitrogens with zero attached hydrogens (tertiary/aromatic N) is 3. The van der Waals surface area contributed by atoms with Crippen molar-refractivity contribution in [3.05, 3.63) is 28.7 Å². The first kappa shape index (κ1) is 11.8. The third-order valence-electron chi connectivity index (χ3n) is 2.30. The van der Waals surface area contributed by atoms with Crippen LogP contribution in [0.3, 0.4) is 0 Å². The van der Waals surface area contributed by atoms with Gasteiger partial charge in [-0.2, -0.15) is 0 Å². The van der Waals surface area contributed by atoms with E-state index >= 15 is 0 Å². The molecule has 17 heavy (non-hydrogen) atoms. The molecule has 0 fully saturated rings. The van der Waals surface area contributed by atoms with Gasteiger partial charge in [0.05, 0.1) is 5.56 Å². The fourth-order valence-electron chi connectivity index (χ4n) is 1.40. The third kappa shape index (κ3) is 2.52. The molecule has 0 atom stereocenters. The summed E-state index contributed by atoms with van der Waals surface area (Å²) in [6.45, 7) is 2.95. The number of aromatic nitrogens is 3. The highest BCUT2D eigenvalue weighted by atomic mass is 32.1. The molecule has 2 rings (SSSR count). The van der Waals surface area contributed by atoms with E-state index in [4.69, 9.17) is 0 Å². The molecule has 0 bridgehead atoms. The summed E-state index contributed by atoms with van der Waals surface area (Å²) in [7, 11) is 1.73. The summed E-state index contributed by atoms with van der Waals surface area (Å²) in [4.78, 5) is 11.9. The first-order chi connectivity index (χ1) is 8.22. The Morgan fingerprint density at radius 3 is 3.06 bits per heavy atom. The molecule has 0 saturated carbocycles. The molecule has 1 N–H and O–H groups in total. The molecule has 0 unspecified atom stereocenters. The summed E-state index contributed by atoms with van der Waals surface area (Å²) in [5.74, 6) is 0. The Balaban J connectivity index is 2.31. The molecule has 2 aromatic rings. The largest absolute Gasteiger partial charge is 0.360 e. The Bertz CT molecular complexity index is 561. The highest BCUT2D eigenvalue weighted by molar-refractivity contribution is 7.18. The van der Waals surface area contributed by atoms with E-state index in [0.29, 0.717) is 10.6 Å². The first-order valence-electron chi connectivity index (χ1n) is 5.45. The molecule has 0 radical (unpaired) electrons. The van der Waals surface area contributed by atoms with Gasteiger partial charge in [0.1, 0.15) is 0 Å². The van der Waals surface area contributed by atoms with Gasteiger partial charge in [-0.25, -0.2) is 0 Å². The summed E-state index contributed by atoms with van der Waals surface area (Å²) in [5.41, 5.74) is 0.544. The average molecular weight is 250 g/mol. The van der Waals surface area contributed by atoms with Crippen LogP contribution in [0.1, 0.15) is 13.3 Å². The second-order valence-electron chi connectivity index (χ2n) is 3.68. The average Bonchev–Trinajstić information content (AvgIpc) is 2.78. The zero-order chi connectivity index (χ0) is 12.3. The molecule has 90 valence electrons. The van der Waals surface area contributed by atoms with Crippen LogP contribution in [0.2, 0.25) is 0 Å². The van der Waals surface area contributed by atoms with E-state index in [1.165, 1.54) is 15.9 Å². The van der Waals surface area contributed by atoms with Crippen molar-refractivity contribution in [2.45, 2.75) is 13.3 Å². The second-order valence-corrected chi connectivity index (χ2v) is 4.65. The smallest absolute Gasteiger partial charge is 0.260 e. The van der Waals surface area contributed by atoms with Crippen LogP contribution in [0.15, 0.2) is 23.1 Å². The van der Waals surface area contributed by atoms with Crippen molar-refractivity contribution < 1.29 is 0 Å². The van der Waals surface area contributed by atoms with Gasteiger partial charge >= 0.3 is 0 Å². The highest BCUT2D eigenvalue weighted by Gasteiger charge is 2.10. The van der Waals surface area contributed by atoms with E-state index in [9.17, 15) is 4.79 Å². The number of pyridine rings is 1. The molecule has 2 aromatic heterocycles. The summed E-state index contributed by atoms with van der Waals surface area (Å²) in [6.07, 6.45) is 2.76. The van der Waals surface area contributed by atoms with Crippen LogP contribution < -0.4 is 10.9 Å². The van der Waals surface area contributed by atoms with Crippen molar-refractivity contribution in [2.24, 2.45) is 7.05 Å². The minimum atomic E-state index is -0.0503. The number of nitrogens with one attached hydrogen (secondary N) is 1. The number of rotatable bonds is 4. The van der Waals surface area contributed by atoms with Crippen molar-refractivity contribution in [1.82, 2.24) is 14.8 Å². The SMILES string of the molecule is CCCNc1nnc(-c2cccn(C)c2=O)s1. The minimum Gasteiger partial charge on any atom is -0.360 e. The fraction of sp³-hybridized carbons (Fsp3) is 0.364. The van der Waals surface area contributed by atoms with Gasteiger partial charge in [0.25, 0.3) is 5.56 Å². The first-order valence-corrected chi connectivity index (χ1v) is 6.27. The van der Waals surface area contributed by atoms with E-state index in [1.807, 2.05) is 6.07 Å². The zero-order valence-corrected chi connectivity index (χ0v) is 10.6. The van der Waals surface area contributed by atoms with Crippen LogP contribution in [0.25, 0.3) is 10.6 Å². The standard InChI is InChI=1S/C11H14N4OS/c1-3-6-12-11-14-13-9(17-11)8-5-4-7-15(2)10(8)16/h4-5,7H,3,6H2,1-2H3,(H,12,14). The van der Waals surface area contributed by atoms with Crippen molar-refractivity contribution in [1.29, 1.82) is 0 Å². The maximum absolute atomic E-state index is 11.9. The van der Waals surface area contributed by atoms with Crippen molar-refractivity contribution in [3.8, 4) is 10.6 Å². The van der Waals surface area contributed by atoms with Crippen molar-refractivity contribution in [2.75, 3.05) is 11.9 Å². The molecule has 0 amide bonds. The lowest BCUT2D eigenvalue weighted by Gasteiger charge is -1.98. The summed E-state index contributed by atoms with van der Waals surface area (Å²) in [6, 6.07) is 3.60. The maximum Gasteiger partial charge on any atom is 0.260 e. The molecule has 0 aliphatic heterocycles. The lowest BCUT2D eigenvalue weighted by molar-refractivity contribution is 0.862. The van der Waals surface area contributed by atoms with E-state index in [1.54, 1.807) is 19.3 Å². The maximum atomic E-state index is 11.9. The van der Waals surface area contributed by atoms with Gasteiger partial charge in [0.2, 0.25) is 5.13 Å². The lowest BCUT2D eigenvalue weighted by atomic mass is 10.3. The van der Waals surface area contributed by atoms with Gasteiger partial charge < -0.3 is 9.88 Å². The van der Waals surface area contributed by atoms with Crippen LogP contribution in [-0.2, 0) is 7.05 Å². The summed E-state index contributed by atoms with van der Waals surface area (Å²) < 4.78 is 1.54. The van der Waals surface area contributed by atoms with Crippen LogP contribution in [-0.4, -0.2) is 21.3 Å². The third-order valence-corrected chi connectivity index (χ3v) is 3.22. The van der Waals surface area contributed by atoms with E-state index < -0.39 is 0 Å². The Hall–Kier alpha value is -1.69. The second kappa shape index (κ2) is 5.09. The van der Waals surface area contributed by atoms with Gasteiger partial charge in [-0.15, -0.1) is 10.2 Å². The van der Waals surface area contributed by atoms with Crippen molar-refractivity contribution >= 4 is 16.5 Å². The fourth-order valence-corrected chi connectivity index (χ4v) is 2.18. The normalized spacial score (nSPS) is 10.5. The Labute approximate surface area is 103 Å². The number of hydrogen-bond acceptors (Lipinski definition) is 5. The van der Waals surface area contributed by atoms with Gasteiger partial charge in [-0.05, 0) is 18.6 Å². The number of aryl methyl sites for hydroxylation is 1. The predicted molar refractivity (Wildman–Crippen MR) is 69.4 cm³/mol.